The summed E-state index contributed by atoms with van der Waals surface area (Å²) in [5.74, 6) is -0.230. The molecular weight excluding hydrogens is 268 g/mol. The Labute approximate surface area is 114 Å². The van der Waals surface area contributed by atoms with Crippen LogP contribution >= 0.6 is 0 Å². The summed E-state index contributed by atoms with van der Waals surface area (Å²) in [5, 5.41) is 0. The molecule has 4 nitrogen and oxygen atoms in total. The summed E-state index contributed by atoms with van der Waals surface area (Å²) in [6, 6.07) is 7.29. The number of pyridine rings is 1. The molecule has 1 heterocycles. The zero-order chi connectivity index (χ0) is 14.5. The van der Waals surface area contributed by atoms with Crippen LogP contribution in [0.4, 0.5) is 8.78 Å². The van der Waals surface area contributed by atoms with Gasteiger partial charge in [-0.25, -0.2) is 0 Å². The second-order valence-corrected chi connectivity index (χ2v) is 3.82. The fraction of sp³-hybridized carbons (Fsp3) is 0.143. The standard InChI is InChI=1S/C14H11F2NO3/c1-19-10-6-9(7-17-8-10)13(18)11-4-2-3-5-12(11)20-14(15)16/h2-8,14H,1H3. The Bertz CT molecular complexity index is 617. The highest BCUT2D eigenvalue weighted by molar-refractivity contribution is 6.10. The van der Waals surface area contributed by atoms with Gasteiger partial charge in [0, 0.05) is 11.8 Å². The van der Waals surface area contributed by atoms with Gasteiger partial charge in [0.1, 0.15) is 11.5 Å². The molecule has 0 spiro atoms. The predicted octanol–water partition coefficient (Wildman–Crippen LogP) is 2.92. The maximum atomic E-state index is 12.3. The number of methoxy groups -OCH3 is 1. The zero-order valence-corrected chi connectivity index (χ0v) is 10.5. The van der Waals surface area contributed by atoms with E-state index in [1.807, 2.05) is 0 Å². The van der Waals surface area contributed by atoms with Crippen LogP contribution < -0.4 is 9.47 Å². The van der Waals surface area contributed by atoms with Gasteiger partial charge in [-0.2, -0.15) is 8.78 Å². The monoisotopic (exact) mass is 279 g/mol. The zero-order valence-electron chi connectivity index (χ0n) is 10.5. The highest BCUT2D eigenvalue weighted by atomic mass is 19.3. The topological polar surface area (TPSA) is 48.4 Å². The van der Waals surface area contributed by atoms with Crippen molar-refractivity contribution < 1.29 is 23.0 Å². The Morgan fingerprint density at radius 2 is 2.00 bits per heavy atom. The molecule has 0 aliphatic carbocycles. The van der Waals surface area contributed by atoms with E-state index >= 15 is 0 Å². The molecule has 0 bridgehead atoms. The van der Waals surface area contributed by atoms with Crippen molar-refractivity contribution in [3.63, 3.8) is 0 Å². The fourth-order valence-corrected chi connectivity index (χ4v) is 1.66. The lowest BCUT2D eigenvalue weighted by atomic mass is 10.0. The smallest absolute Gasteiger partial charge is 0.387 e. The summed E-state index contributed by atoms with van der Waals surface area (Å²) in [7, 11) is 1.44. The summed E-state index contributed by atoms with van der Waals surface area (Å²) in [6.07, 6.45) is 2.78. The van der Waals surface area contributed by atoms with Crippen LogP contribution in [0.25, 0.3) is 0 Å². The summed E-state index contributed by atoms with van der Waals surface area (Å²) in [6.45, 7) is -2.99. The van der Waals surface area contributed by atoms with Crippen LogP contribution in [0.5, 0.6) is 11.5 Å². The SMILES string of the molecule is COc1cncc(C(=O)c2ccccc2OC(F)F)c1. The van der Waals surface area contributed by atoms with Gasteiger partial charge < -0.3 is 9.47 Å². The largest absolute Gasteiger partial charge is 0.495 e. The van der Waals surface area contributed by atoms with Gasteiger partial charge in [-0.05, 0) is 18.2 Å². The third-order valence-electron chi connectivity index (χ3n) is 2.56. The highest BCUT2D eigenvalue weighted by Crippen LogP contribution is 2.24. The minimum atomic E-state index is -2.99. The first-order chi connectivity index (χ1) is 9.61. The number of hydrogen-bond donors (Lipinski definition) is 0. The summed E-state index contributed by atoms with van der Waals surface area (Å²) >= 11 is 0. The molecule has 0 aliphatic rings. The van der Waals surface area contributed by atoms with Crippen LogP contribution in [0, 0.1) is 0 Å². The van der Waals surface area contributed by atoms with Crippen molar-refractivity contribution in [2.45, 2.75) is 6.61 Å². The molecule has 6 heteroatoms. The number of hydrogen-bond acceptors (Lipinski definition) is 4. The second kappa shape index (κ2) is 6.10. The molecule has 0 amide bonds. The van der Waals surface area contributed by atoms with Crippen LogP contribution in [0.15, 0.2) is 42.7 Å². The Morgan fingerprint density at radius 3 is 2.70 bits per heavy atom. The molecular formula is C14H11F2NO3. The maximum absolute atomic E-state index is 12.3. The van der Waals surface area contributed by atoms with E-state index < -0.39 is 12.4 Å². The Balaban J connectivity index is 2.37. The van der Waals surface area contributed by atoms with Gasteiger partial charge in [0.2, 0.25) is 0 Å². The average molecular weight is 279 g/mol. The lowest BCUT2D eigenvalue weighted by Crippen LogP contribution is -2.09. The molecule has 2 aromatic rings. The van der Waals surface area contributed by atoms with Gasteiger partial charge in [0.05, 0.1) is 18.9 Å². The van der Waals surface area contributed by atoms with E-state index in [1.54, 1.807) is 6.07 Å². The summed E-state index contributed by atoms with van der Waals surface area (Å²) in [5.41, 5.74) is 0.275. The first kappa shape index (κ1) is 13.9. The van der Waals surface area contributed by atoms with Crippen LogP contribution in [0.3, 0.4) is 0 Å². The van der Waals surface area contributed by atoms with E-state index in [0.717, 1.165) is 0 Å². The fourth-order valence-electron chi connectivity index (χ4n) is 1.66. The summed E-state index contributed by atoms with van der Waals surface area (Å²) < 4.78 is 33.9. The lowest BCUT2D eigenvalue weighted by molar-refractivity contribution is -0.0501. The van der Waals surface area contributed by atoms with Gasteiger partial charge in [-0.15, -0.1) is 0 Å². The third kappa shape index (κ3) is 3.09. The van der Waals surface area contributed by atoms with Crippen LogP contribution in [-0.4, -0.2) is 24.5 Å². The van der Waals surface area contributed by atoms with Crippen molar-refractivity contribution in [1.82, 2.24) is 4.98 Å². The molecule has 20 heavy (non-hydrogen) atoms. The number of carbonyl (C=O) groups is 1. The number of ketones is 1. The molecule has 0 atom stereocenters. The molecule has 0 saturated heterocycles. The lowest BCUT2D eigenvalue weighted by Gasteiger charge is -2.10. The Kier molecular flexibility index (Phi) is 4.24. The minimum absolute atomic E-state index is 0.0443. The number of aromatic nitrogens is 1. The van der Waals surface area contributed by atoms with Crippen molar-refractivity contribution in [1.29, 1.82) is 0 Å². The molecule has 1 aromatic carbocycles. The van der Waals surface area contributed by atoms with E-state index in [0.29, 0.717) is 5.75 Å². The molecule has 0 unspecified atom stereocenters. The maximum Gasteiger partial charge on any atom is 0.387 e. The predicted molar refractivity (Wildman–Crippen MR) is 67.3 cm³/mol. The number of ether oxygens (including phenoxy) is 2. The van der Waals surface area contributed by atoms with E-state index in [-0.39, 0.29) is 16.9 Å². The highest BCUT2D eigenvalue weighted by Gasteiger charge is 2.17. The average Bonchev–Trinajstić information content (AvgIpc) is 2.46. The molecule has 0 aliphatic heterocycles. The molecule has 0 fully saturated rings. The Morgan fingerprint density at radius 1 is 1.25 bits per heavy atom. The molecule has 104 valence electrons. The Hall–Kier alpha value is -2.50. The van der Waals surface area contributed by atoms with Crippen LogP contribution in [-0.2, 0) is 0 Å². The molecule has 0 radical (unpaired) electrons. The normalized spacial score (nSPS) is 10.4. The van der Waals surface area contributed by atoms with Gasteiger partial charge in [-0.1, -0.05) is 12.1 Å². The first-order valence-corrected chi connectivity index (χ1v) is 5.69. The summed E-state index contributed by atoms with van der Waals surface area (Å²) in [4.78, 5) is 16.2. The van der Waals surface area contributed by atoms with Gasteiger partial charge in [-0.3, -0.25) is 9.78 Å². The molecule has 0 N–H and O–H groups in total. The van der Waals surface area contributed by atoms with E-state index in [4.69, 9.17) is 4.74 Å². The van der Waals surface area contributed by atoms with E-state index in [1.165, 1.54) is 43.8 Å². The second-order valence-electron chi connectivity index (χ2n) is 3.82. The molecule has 1 aromatic heterocycles. The minimum Gasteiger partial charge on any atom is -0.495 e. The number of nitrogens with zero attached hydrogens (tertiary/aromatic N) is 1. The van der Waals surface area contributed by atoms with E-state index in [9.17, 15) is 13.6 Å². The van der Waals surface area contributed by atoms with Crippen molar-refractivity contribution >= 4 is 5.78 Å². The number of para-hydroxylation sites is 1. The molecule has 2 rings (SSSR count). The van der Waals surface area contributed by atoms with Crippen molar-refractivity contribution in [2.24, 2.45) is 0 Å². The number of benzene rings is 1. The number of rotatable bonds is 5. The quantitative estimate of drug-likeness (QED) is 0.790. The van der Waals surface area contributed by atoms with Crippen LogP contribution in [0.2, 0.25) is 0 Å². The van der Waals surface area contributed by atoms with Gasteiger partial charge in [0.25, 0.3) is 0 Å². The number of carbonyl (C=O) groups excluding carboxylic acids is 1. The van der Waals surface area contributed by atoms with Gasteiger partial charge >= 0.3 is 6.61 Å². The van der Waals surface area contributed by atoms with Gasteiger partial charge in [0.15, 0.2) is 5.78 Å². The number of halogens is 2. The third-order valence-corrected chi connectivity index (χ3v) is 2.56. The van der Waals surface area contributed by atoms with Crippen molar-refractivity contribution in [3.8, 4) is 11.5 Å². The van der Waals surface area contributed by atoms with Crippen LogP contribution in [0.1, 0.15) is 15.9 Å². The molecule has 0 saturated carbocycles. The van der Waals surface area contributed by atoms with Crippen molar-refractivity contribution in [3.05, 3.63) is 53.9 Å². The first-order valence-electron chi connectivity index (χ1n) is 5.69. The van der Waals surface area contributed by atoms with Crippen molar-refractivity contribution in [2.75, 3.05) is 7.11 Å². The number of alkyl halides is 2. The van der Waals surface area contributed by atoms with E-state index in [2.05, 4.69) is 9.72 Å².